The standard InChI is InChI=1S/C26H32F3N3O2/c27-26(28,29)23-7-5-20(6-8-23)22-13-19(14-24(33)21-3-1-2-4-21)16-32(17-22)25(34)31-11-9-18(15-30)10-12-31/h5-8,18-19,21-22H,1-4,9-14,16-17H2. The molecule has 3 aliphatic rings. The van der Waals surface area contributed by atoms with E-state index in [-0.39, 0.29) is 35.5 Å². The number of hydrogen-bond donors (Lipinski definition) is 0. The van der Waals surface area contributed by atoms with Gasteiger partial charge in [-0.1, -0.05) is 25.0 Å². The van der Waals surface area contributed by atoms with Crippen LogP contribution in [0.1, 0.15) is 68.4 Å². The number of benzene rings is 1. The first-order valence-corrected chi connectivity index (χ1v) is 12.4. The molecule has 1 saturated carbocycles. The van der Waals surface area contributed by atoms with Crippen LogP contribution in [-0.2, 0) is 11.0 Å². The Hall–Kier alpha value is -2.56. The lowest BCUT2D eigenvalue weighted by atomic mass is 9.80. The summed E-state index contributed by atoms with van der Waals surface area (Å²) in [6, 6.07) is 7.40. The monoisotopic (exact) mass is 475 g/mol. The van der Waals surface area contributed by atoms with Crippen molar-refractivity contribution in [3.05, 3.63) is 35.4 Å². The van der Waals surface area contributed by atoms with E-state index in [1.54, 1.807) is 9.80 Å². The first-order valence-electron chi connectivity index (χ1n) is 12.4. The summed E-state index contributed by atoms with van der Waals surface area (Å²) in [5, 5.41) is 9.14. The zero-order valence-electron chi connectivity index (χ0n) is 19.4. The Morgan fingerprint density at radius 2 is 1.62 bits per heavy atom. The van der Waals surface area contributed by atoms with E-state index in [1.165, 1.54) is 12.1 Å². The van der Waals surface area contributed by atoms with E-state index in [4.69, 9.17) is 5.26 Å². The van der Waals surface area contributed by atoms with Crippen LogP contribution in [0.15, 0.2) is 24.3 Å². The predicted octanol–water partition coefficient (Wildman–Crippen LogP) is 5.62. The van der Waals surface area contributed by atoms with Crippen LogP contribution < -0.4 is 0 Å². The highest BCUT2D eigenvalue weighted by atomic mass is 19.4. The highest BCUT2D eigenvalue weighted by Gasteiger charge is 2.37. The van der Waals surface area contributed by atoms with Gasteiger partial charge in [-0.15, -0.1) is 0 Å². The molecule has 8 heteroatoms. The Kier molecular flexibility index (Phi) is 7.49. The maximum Gasteiger partial charge on any atom is 0.416 e. The van der Waals surface area contributed by atoms with E-state index < -0.39 is 11.7 Å². The van der Waals surface area contributed by atoms with Crippen LogP contribution in [0.5, 0.6) is 0 Å². The van der Waals surface area contributed by atoms with E-state index >= 15 is 0 Å². The van der Waals surface area contributed by atoms with Crippen molar-refractivity contribution in [1.29, 1.82) is 5.26 Å². The summed E-state index contributed by atoms with van der Waals surface area (Å²) in [5.41, 5.74) is 0.0836. The molecule has 1 aromatic rings. The number of piperidine rings is 2. The molecule has 0 radical (unpaired) electrons. The maximum absolute atomic E-state index is 13.3. The fraction of sp³-hybridized carbons (Fsp3) is 0.654. The van der Waals surface area contributed by atoms with E-state index in [1.807, 2.05) is 0 Å². The third-order valence-electron chi connectivity index (χ3n) is 7.77. The summed E-state index contributed by atoms with van der Waals surface area (Å²) >= 11 is 0. The van der Waals surface area contributed by atoms with Crippen LogP contribution >= 0.6 is 0 Å². The lowest BCUT2D eigenvalue weighted by Gasteiger charge is -2.41. The van der Waals surface area contributed by atoms with Gasteiger partial charge in [0.15, 0.2) is 0 Å². The molecule has 2 unspecified atom stereocenters. The quantitative estimate of drug-likeness (QED) is 0.568. The summed E-state index contributed by atoms with van der Waals surface area (Å²) in [6.07, 6.45) is 2.06. The number of nitriles is 1. The molecular weight excluding hydrogens is 443 g/mol. The second-order valence-electron chi connectivity index (χ2n) is 10.1. The van der Waals surface area contributed by atoms with Crippen molar-refractivity contribution >= 4 is 11.8 Å². The minimum atomic E-state index is -4.39. The Bertz CT molecular complexity index is 911. The van der Waals surface area contributed by atoms with Crippen molar-refractivity contribution in [2.24, 2.45) is 17.8 Å². The molecule has 0 aromatic heterocycles. The molecule has 1 aliphatic carbocycles. The number of nitrogens with zero attached hydrogens (tertiary/aromatic N) is 3. The average molecular weight is 476 g/mol. The second kappa shape index (κ2) is 10.4. The molecule has 34 heavy (non-hydrogen) atoms. The van der Waals surface area contributed by atoms with Crippen LogP contribution in [0, 0.1) is 29.1 Å². The molecule has 2 atom stereocenters. The molecular formula is C26H32F3N3O2. The number of carbonyl (C=O) groups is 2. The number of ketones is 1. The number of alkyl halides is 3. The predicted molar refractivity (Wildman–Crippen MR) is 121 cm³/mol. The number of amides is 2. The number of carbonyl (C=O) groups excluding carboxylic acids is 2. The fourth-order valence-corrected chi connectivity index (χ4v) is 5.79. The van der Waals surface area contributed by atoms with Crippen LogP contribution in [-0.4, -0.2) is 47.8 Å². The fourth-order valence-electron chi connectivity index (χ4n) is 5.79. The van der Waals surface area contributed by atoms with Crippen molar-refractivity contribution < 1.29 is 22.8 Å². The number of likely N-dealkylation sites (tertiary alicyclic amines) is 2. The van der Waals surface area contributed by atoms with E-state index in [9.17, 15) is 22.8 Å². The molecule has 1 aromatic carbocycles. The third kappa shape index (κ3) is 5.73. The van der Waals surface area contributed by atoms with Gasteiger partial charge in [-0.3, -0.25) is 4.79 Å². The van der Waals surface area contributed by atoms with Crippen molar-refractivity contribution in [3.8, 4) is 6.07 Å². The molecule has 2 aliphatic heterocycles. The first kappa shape index (κ1) is 24.6. The van der Waals surface area contributed by atoms with Gasteiger partial charge in [-0.25, -0.2) is 4.79 Å². The van der Waals surface area contributed by atoms with Crippen molar-refractivity contribution in [2.45, 2.75) is 63.5 Å². The lowest BCUT2D eigenvalue weighted by molar-refractivity contribution is -0.137. The number of rotatable bonds is 4. The molecule has 0 N–H and O–H groups in total. The summed E-state index contributed by atoms with van der Waals surface area (Å²) in [4.78, 5) is 29.8. The minimum absolute atomic E-state index is 0.00487. The zero-order chi connectivity index (χ0) is 24.3. The van der Waals surface area contributed by atoms with Gasteiger partial charge < -0.3 is 9.80 Å². The van der Waals surface area contributed by atoms with Gasteiger partial charge >= 0.3 is 12.2 Å². The molecule has 0 bridgehead atoms. The summed E-state index contributed by atoms with van der Waals surface area (Å²) in [5.74, 6) is 0.230. The van der Waals surface area contributed by atoms with Gasteiger partial charge in [0, 0.05) is 50.4 Å². The molecule has 4 rings (SSSR count). The number of urea groups is 1. The van der Waals surface area contributed by atoms with Gasteiger partial charge in [0.2, 0.25) is 0 Å². The van der Waals surface area contributed by atoms with Gasteiger partial charge in [0.05, 0.1) is 11.6 Å². The molecule has 184 valence electrons. The van der Waals surface area contributed by atoms with Crippen molar-refractivity contribution in [3.63, 3.8) is 0 Å². The molecule has 3 fully saturated rings. The number of halogens is 3. The Balaban J connectivity index is 1.49. The number of Topliss-reactive ketones (excluding diaryl/α,β-unsaturated/α-hetero) is 1. The first-order chi connectivity index (χ1) is 16.2. The third-order valence-corrected chi connectivity index (χ3v) is 7.77. The normalized spacial score (nSPS) is 24.8. The highest BCUT2D eigenvalue weighted by molar-refractivity contribution is 5.81. The van der Waals surface area contributed by atoms with Crippen LogP contribution in [0.4, 0.5) is 18.0 Å². The van der Waals surface area contributed by atoms with E-state index in [0.717, 1.165) is 43.4 Å². The van der Waals surface area contributed by atoms with Crippen LogP contribution in [0.2, 0.25) is 0 Å². The smallest absolute Gasteiger partial charge is 0.325 e. The van der Waals surface area contributed by atoms with Crippen molar-refractivity contribution in [2.75, 3.05) is 26.2 Å². The summed E-state index contributed by atoms with van der Waals surface area (Å²) < 4.78 is 39.1. The topological polar surface area (TPSA) is 64.4 Å². The van der Waals surface area contributed by atoms with Gasteiger partial charge in [0.1, 0.15) is 5.78 Å². The Labute approximate surface area is 198 Å². The van der Waals surface area contributed by atoms with E-state index in [2.05, 4.69) is 6.07 Å². The minimum Gasteiger partial charge on any atom is -0.325 e. The molecule has 5 nitrogen and oxygen atoms in total. The summed E-state index contributed by atoms with van der Waals surface area (Å²) in [7, 11) is 0. The summed E-state index contributed by atoms with van der Waals surface area (Å²) in [6.45, 7) is 1.98. The van der Waals surface area contributed by atoms with Crippen molar-refractivity contribution in [1.82, 2.24) is 9.80 Å². The second-order valence-corrected chi connectivity index (χ2v) is 10.1. The molecule has 0 spiro atoms. The SMILES string of the molecule is N#CC1CCN(C(=O)N2CC(CC(=O)C3CCCC3)CC(c3ccc(C(F)(F)F)cc3)C2)CC1. The zero-order valence-corrected chi connectivity index (χ0v) is 19.4. The van der Waals surface area contributed by atoms with Gasteiger partial charge in [0.25, 0.3) is 0 Å². The maximum atomic E-state index is 13.3. The average Bonchev–Trinajstić information content (AvgIpc) is 3.38. The molecule has 2 heterocycles. The lowest BCUT2D eigenvalue weighted by Crippen LogP contribution is -2.51. The largest absolute Gasteiger partial charge is 0.416 e. The van der Waals surface area contributed by atoms with Crippen LogP contribution in [0.3, 0.4) is 0 Å². The highest BCUT2D eigenvalue weighted by Crippen LogP contribution is 2.37. The Morgan fingerprint density at radius 1 is 0.971 bits per heavy atom. The van der Waals surface area contributed by atoms with Gasteiger partial charge in [-0.2, -0.15) is 18.4 Å². The van der Waals surface area contributed by atoms with Gasteiger partial charge in [-0.05, 0) is 55.7 Å². The molecule has 2 amide bonds. The Morgan fingerprint density at radius 3 is 2.21 bits per heavy atom. The number of hydrogen-bond acceptors (Lipinski definition) is 3. The molecule has 2 saturated heterocycles. The van der Waals surface area contributed by atoms with E-state index in [0.29, 0.717) is 51.9 Å². The van der Waals surface area contributed by atoms with Crippen LogP contribution in [0.25, 0.3) is 0 Å².